The molecule has 1 aliphatic rings. The number of thiocarbonyl (C=S) groups is 1. The van der Waals surface area contributed by atoms with E-state index in [1.165, 1.54) is 6.07 Å². The molecule has 4 rings (SSSR count). The first kappa shape index (κ1) is 20.0. The first-order valence-electron chi connectivity index (χ1n) is 9.40. The number of nitro groups is 1. The maximum absolute atomic E-state index is 11.4. The van der Waals surface area contributed by atoms with Crippen molar-refractivity contribution in [2.45, 2.75) is 12.1 Å². The van der Waals surface area contributed by atoms with Crippen LogP contribution in [0.1, 0.15) is 23.5 Å². The lowest BCUT2D eigenvalue weighted by molar-refractivity contribution is -0.384. The molecule has 2 atom stereocenters. The Bertz CT molecular complexity index is 1060. The van der Waals surface area contributed by atoms with Crippen LogP contribution in [0.4, 0.5) is 5.69 Å². The molecule has 0 amide bonds. The first-order chi connectivity index (χ1) is 14.6. The molecule has 30 heavy (non-hydrogen) atoms. The molecular formula is C21H20N4O4S. The van der Waals surface area contributed by atoms with E-state index in [0.29, 0.717) is 35.3 Å². The van der Waals surface area contributed by atoms with E-state index in [9.17, 15) is 10.1 Å². The van der Waals surface area contributed by atoms with Crippen molar-refractivity contribution >= 4 is 23.0 Å². The third-order valence-electron chi connectivity index (χ3n) is 5.02. The standard InChI is InChI=1S/C21H20N4O4S/c1-28-13-12-24-20(19(23-21(24)30)15-7-4-5-11-22-15)18-10-9-17(29-18)14-6-2-3-8-16(14)25(26)27/h2-11,19-20H,12-13H2,1H3,(H,23,30)/t19-,20-/m1/s1. The Hall–Kier alpha value is -3.30. The van der Waals surface area contributed by atoms with Gasteiger partial charge in [-0.15, -0.1) is 0 Å². The Balaban J connectivity index is 1.74. The van der Waals surface area contributed by atoms with E-state index in [-0.39, 0.29) is 17.8 Å². The highest BCUT2D eigenvalue weighted by Gasteiger charge is 2.41. The molecule has 0 saturated carbocycles. The number of aromatic nitrogens is 1. The zero-order chi connectivity index (χ0) is 21.1. The molecule has 1 aliphatic heterocycles. The monoisotopic (exact) mass is 424 g/mol. The van der Waals surface area contributed by atoms with Gasteiger partial charge in [0.15, 0.2) is 5.11 Å². The van der Waals surface area contributed by atoms with Crippen LogP contribution in [-0.4, -0.2) is 40.2 Å². The summed E-state index contributed by atoms with van der Waals surface area (Å²) in [5.41, 5.74) is 1.25. The predicted molar refractivity (Wildman–Crippen MR) is 115 cm³/mol. The van der Waals surface area contributed by atoms with Gasteiger partial charge in [0.25, 0.3) is 5.69 Å². The summed E-state index contributed by atoms with van der Waals surface area (Å²) in [7, 11) is 1.64. The highest BCUT2D eigenvalue weighted by molar-refractivity contribution is 7.80. The second kappa shape index (κ2) is 8.60. The van der Waals surface area contributed by atoms with Crippen molar-refractivity contribution in [1.29, 1.82) is 0 Å². The highest BCUT2D eigenvalue weighted by atomic mass is 32.1. The lowest BCUT2D eigenvalue weighted by atomic mass is 10.0. The molecule has 1 fully saturated rings. The molecule has 1 aromatic carbocycles. The molecule has 1 saturated heterocycles. The Morgan fingerprint density at radius 1 is 1.23 bits per heavy atom. The molecule has 3 heterocycles. The third-order valence-corrected chi connectivity index (χ3v) is 5.37. The first-order valence-corrected chi connectivity index (χ1v) is 9.81. The van der Waals surface area contributed by atoms with Crippen LogP contribution in [0.3, 0.4) is 0 Å². The average Bonchev–Trinajstić information content (AvgIpc) is 3.37. The molecule has 3 aromatic rings. The van der Waals surface area contributed by atoms with Gasteiger partial charge in [-0.1, -0.05) is 18.2 Å². The van der Waals surface area contributed by atoms with E-state index >= 15 is 0 Å². The van der Waals surface area contributed by atoms with Gasteiger partial charge in [-0.25, -0.2) is 0 Å². The van der Waals surface area contributed by atoms with Gasteiger partial charge in [0.1, 0.15) is 17.6 Å². The molecule has 0 bridgehead atoms. The minimum absolute atomic E-state index is 0.00372. The molecule has 0 radical (unpaired) electrons. The van der Waals surface area contributed by atoms with Crippen LogP contribution in [0.25, 0.3) is 11.3 Å². The number of rotatable bonds is 7. The summed E-state index contributed by atoms with van der Waals surface area (Å²) in [6, 6.07) is 15.3. The molecule has 0 spiro atoms. The Morgan fingerprint density at radius 3 is 2.77 bits per heavy atom. The van der Waals surface area contributed by atoms with Crippen LogP contribution in [-0.2, 0) is 4.74 Å². The molecule has 0 unspecified atom stereocenters. The fourth-order valence-corrected chi connectivity index (χ4v) is 3.97. The SMILES string of the molecule is COCCN1C(=S)N[C@H](c2ccccn2)[C@H]1c1ccc(-c2ccccc2[N+](=O)[O-])o1. The summed E-state index contributed by atoms with van der Waals surface area (Å²) in [6.07, 6.45) is 1.73. The number of nitrogens with zero attached hydrogens (tertiary/aromatic N) is 3. The molecule has 2 aromatic heterocycles. The van der Waals surface area contributed by atoms with Crippen molar-refractivity contribution < 1.29 is 14.1 Å². The molecule has 1 N–H and O–H groups in total. The van der Waals surface area contributed by atoms with Crippen LogP contribution < -0.4 is 5.32 Å². The van der Waals surface area contributed by atoms with Gasteiger partial charge in [-0.05, 0) is 42.5 Å². The summed E-state index contributed by atoms with van der Waals surface area (Å²) >= 11 is 5.56. The number of hydrogen-bond donors (Lipinski definition) is 1. The second-order valence-corrected chi connectivity index (χ2v) is 7.18. The number of para-hydroxylation sites is 1. The van der Waals surface area contributed by atoms with E-state index in [2.05, 4.69) is 10.3 Å². The smallest absolute Gasteiger partial charge is 0.280 e. The summed E-state index contributed by atoms with van der Waals surface area (Å²) in [5, 5.41) is 15.3. The van der Waals surface area contributed by atoms with E-state index < -0.39 is 4.92 Å². The predicted octanol–water partition coefficient (Wildman–Crippen LogP) is 3.87. The van der Waals surface area contributed by atoms with E-state index in [0.717, 1.165) is 5.69 Å². The largest absolute Gasteiger partial charge is 0.459 e. The van der Waals surface area contributed by atoms with Gasteiger partial charge in [-0.2, -0.15) is 0 Å². The van der Waals surface area contributed by atoms with E-state index in [1.807, 2.05) is 29.2 Å². The normalized spacial score (nSPS) is 18.4. The van der Waals surface area contributed by atoms with Crippen molar-refractivity contribution in [2.24, 2.45) is 0 Å². The average molecular weight is 424 g/mol. The number of nitro benzene ring substituents is 1. The Kier molecular flexibility index (Phi) is 5.73. The summed E-state index contributed by atoms with van der Waals surface area (Å²) < 4.78 is 11.4. The molecule has 9 heteroatoms. The molecule has 0 aliphatic carbocycles. The minimum Gasteiger partial charge on any atom is -0.459 e. The number of hydrogen-bond acceptors (Lipinski definition) is 6. The zero-order valence-electron chi connectivity index (χ0n) is 16.2. The van der Waals surface area contributed by atoms with Crippen molar-refractivity contribution in [3.05, 3.63) is 82.4 Å². The Labute approximate surface area is 178 Å². The Morgan fingerprint density at radius 2 is 2.03 bits per heavy atom. The number of methoxy groups -OCH3 is 1. The minimum atomic E-state index is -0.411. The number of ether oxygens (including phenoxy) is 1. The maximum atomic E-state index is 11.4. The van der Waals surface area contributed by atoms with Crippen LogP contribution >= 0.6 is 12.2 Å². The molecule has 8 nitrogen and oxygen atoms in total. The lowest BCUT2D eigenvalue weighted by Crippen LogP contribution is -2.32. The van der Waals surface area contributed by atoms with E-state index in [4.69, 9.17) is 21.4 Å². The highest BCUT2D eigenvalue weighted by Crippen LogP contribution is 2.41. The van der Waals surface area contributed by atoms with Crippen molar-refractivity contribution in [3.8, 4) is 11.3 Å². The van der Waals surface area contributed by atoms with Crippen LogP contribution in [0, 0.1) is 10.1 Å². The zero-order valence-corrected chi connectivity index (χ0v) is 17.0. The molecular weight excluding hydrogens is 404 g/mol. The fraction of sp³-hybridized carbons (Fsp3) is 0.238. The van der Waals surface area contributed by atoms with Crippen LogP contribution in [0.2, 0.25) is 0 Å². The number of furan rings is 1. The van der Waals surface area contributed by atoms with Crippen molar-refractivity contribution in [1.82, 2.24) is 15.2 Å². The lowest BCUT2D eigenvalue weighted by Gasteiger charge is -2.25. The van der Waals surface area contributed by atoms with Crippen molar-refractivity contribution in [2.75, 3.05) is 20.3 Å². The van der Waals surface area contributed by atoms with E-state index in [1.54, 1.807) is 37.6 Å². The topological polar surface area (TPSA) is 93.7 Å². The van der Waals surface area contributed by atoms with Crippen LogP contribution in [0.5, 0.6) is 0 Å². The van der Waals surface area contributed by atoms with Gasteiger partial charge in [0.2, 0.25) is 0 Å². The maximum Gasteiger partial charge on any atom is 0.280 e. The van der Waals surface area contributed by atoms with Crippen molar-refractivity contribution in [3.63, 3.8) is 0 Å². The fourth-order valence-electron chi connectivity index (χ4n) is 3.64. The van der Waals surface area contributed by atoms with Gasteiger partial charge < -0.3 is 19.4 Å². The van der Waals surface area contributed by atoms with Crippen LogP contribution in [0.15, 0.2) is 65.2 Å². The second-order valence-electron chi connectivity index (χ2n) is 6.79. The summed E-state index contributed by atoms with van der Waals surface area (Å²) in [6.45, 7) is 1.06. The number of pyridine rings is 1. The van der Waals surface area contributed by atoms with Gasteiger partial charge in [-0.3, -0.25) is 15.1 Å². The van der Waals surface area contributed by atoms with Gasteiger partial charge in [0, 0.05) is 25.9 Å². The summed E-state index contributed by atoms with van der Waals surface area (Å²) in [4.78, 5) is 17.5. The number of benzene rings is 1. The van der Waals surface area contributed by atoms with Gasteiger partial charge in [0.05, 0.1) is 28.8 Å². The quantitative estimate of drug-likeness (QED) is 0.347. The van der Waals surface area contributed by atoms with Gasteiger partial charge >= 0.3 is 0 Å². The number of nitrogens with one attached hydrogen (secondary N) is 1. The molecule has 154 valence electrons. The third kappa shape index (κ3) is 3.77. The summed E-state index contributed by atoms with van der Waals surface area (Å²) in [5.74, 6) is 1.07.